The molecule has 0 aromatic heterocycles. The summed E-state index contributed by atoms with van der Waals surface area (Å²) in [7, 11) is 0. The molecule has 14 heavy (non-hydrogen) atoms. The molecule has 0 radical (unpaired) electrons. The molecule has 1 aromatic rings. The summed E-state index contributed by atoms with van der Waals surface area (Å²) in [5, 5.41) is 9.33. The number of carbonyl (C=O) groups excluding carboxylic acids is 2. The molecule has 72 valence electrons. The van der Waals surface area contributed by atoms with Crippen molar-refractivity contribution in [2.75, 3.05) is 6.61 Å². The molecule has 0 saturated carbocycles. The second-order valence-electron chi connectivity index (χ2n) is 3.01. The Labute approximate surface area is 80.1 Å². The number of rotatable bonds is 1. The minimum absolute atomic E-state index is 0.0514. The minimum Gasteiger partial charge on any atom is -0.507 e. The topological polar surface area (TPSA) is 63.6 Å². The average Bonchev–Trinajstić information content (AvgIpc) is 2.18. The molecule has 0 spiro atoms. The minimum atomic E-state index is -0.159. The largest absolute Gasteiger partial charge is 0.507 e. The predicted molar refractivity (Wildman–Crippen MR) is 47.9 cm³/mol. The van der Waals surface area contributed by atoms with Gasteiger partial charge in [-0.1, -0.05) is 0 Å². The van der Waals surface area contributed by atoms with Crippen LogP contribution in [0.3, 0.4) is 0 Å². The fourth-order valence-electron chi connectivity index (χ4n) is 1.46. The van der Waals surface area contributed by atoms with Crippen LogP contribution in [0.2, 0.25) is 0 Å². The summed E-state index contributed by atoms with van der Waals surface area (Å²) in [5.74, 6) is -0.0148. The molecule has 1 aromatic carbocycles. The van der Waals surface area contributed by atoms with Gasteiger partial charge in [-0.25, -0.2) is 0 Å². The average molecular weight is 192 g/mol. The van der Waals surface area contributed by atoms with Crippen LogP contribution in [0, 0.1) is 0 Å². The van der Waals surface area contributed by atoms with Crippen LogP contribution < -0.4 is 4.74 Å². The van der Waals surface area contributed by atoms with Crippen LogP contribution in [0.4, 0.5) is 0 Å². The molecule has 0 amide bonds. The molecule has 0 saturated heterocycles. The maximum absolute atomic E-state index is 11.4. The van der Waals surface area contributed by atoms with E-state index < -0.39 is 0 Å². The highest BCUT2D eigenvalue weighted by Gasteiger charge is 2.22. The molecule has 1 heterocycles. The Bertz CT molecular complexity index is 409. The highest BCUT2D eigenvalue weighted by atomic mass is 16.5. The van der Waals surface area contributed by atoms with E-state index in [9.17, 15) is 14.7 Å². The number of aromatic hydroxyl groups is 1. The van der Waals surface area contributed by atoms with Gasteiger partial charge in [0.2, 0.25) is 0 Å². The molecule has 2 rings (SSSR count). The molecule has 0 bridgehead atoms. The number of aldehydes is 1. The molecule has 1 aliphatic rings. The summed E-state index contributed by atoms with van der Waals surface area (Å²) < 4.78 is 5.18. The fraction of sp³-hybridized carbons (Fsp3) is 0.200. The van der Waals surface area contributed by atoms with Crippen LogP contribution in [-0.4, -0.2) is 23.8 Å². The zero-order valence-corrected chi connectivity index (χ0v) is 7.32. The van der Waals surface area contributed by atoms with Crippen molar-refractivity contribution in [3.8, 4) is 11.5 Å². The molecule has 0 aliphatic carbocycles. The summed E-state index contributed by atoms with van der Waals surface area (Å²) >= 11 is 0. The SMILES string of the molecule is O=Cc1c(O)ccc2c1OCCC2=O. The fourth-order valence-corrected chi connectivity index (χ4v) is 1.46. The van der Waals surface area contributed by atoms with E-state index in [0.29, 0.717) is 18.3 Å². The number of benzene rings is 1. The molecule has 0 atom stereocenters. The summed E-state index contributed by atoms with van der Waals surface area (Å²) in [6, 6.07) is 2.80. The van der Waals surface area contributed by atoms with Crippen molar-refractivity contribution < 1.29 is 19.4 Å². The molecule has 4 nitrogen and oxygen atoms in total. The Kier molecular flexibility index (Phi) is 1.96. The first-order valence-electron chi connectivity index (χ1n) is 4.21. The van der Waals surface area contributed by atoms with Crippen molar-refractivity contribution in [2.45, 2.75) is 6.42 Å². The van der Waals surface area contributed by atoms with Gasteiger partial charge in [0.05, 0.1) is 17.7 Å². The molecule has 0 fully saturated rings. The lowest BCUT2D eigenvalue weighted by Gasteiger charge is -2.17. The van der Waals surface area contributed by atoms with Gasteiger partial charge in [-0.15, -0.1) is 0 Å². The lowest BCUT2D eigenvalue weighted by Crippen LogP contribution is -2.16. The quantitative estimate of drug-likeness (QED) is 0.678. The van der Waals surface area contributed by atoms with Crippen molar-refractivity contribution >= 4 is 12.1 Å². The number of hydrogen-bond acceptors (Lipinski definition) is 4. The van der Waals surface area contributed by atoms with Gasteiger partial charge in [0.15, 0.2) is 12.1 Å². The maximum Gasteiger partial charge on any atom is 0.170 e. The van der Waals surface area contributed by atoms with E-state index in [-0.39, 0.29) is 29.5 Å². The Morgan fingerprint density at radius 3 is 2.93 bits per heavy atom. The van der Waals surface area contributed by atoms with Crippen LogP contribution >= 0.6 is 0 Å². The molecule has 1 N–H and O–H groups in total. The van der Waals surface area contributed by atoms with Gasteiger partial charge in [-0.05, 0) is 12.1 Å². The molecule has 0 unspecified atom stereocenters. The third kappa shape index (κ3) is 1.16. The summed E-state index contributed by atoms with van der Waals surface area (Å²) in [6.45, 7) is 0.260. The number of ether oxygens (including phenoxy) is 1. The first kappa shape index (κ1) is 8.74. The van der Waals surface area contributed by atoms with Crippen molar-refractivity contribution in [3.63, 3.8) is 0 Å². The first-order valence-corrected chi connectivity index (χ1v) is 4.21. The molecular weight excluding hydrogens is 184 g/mol. The first-order chi connectivity index (χ1) is 6.74. The number of ketones is 1. The Morgan fingerprint density at radius 1 is 1.43 bits per heavy atom. The number of phenols is 1. The Morgan fingerprint density at radius 2 is 2.21 bits per heavy atom. The van der Waals surface area contributed by atoms with Gasteiger partial charge in [0.1, 0.15) is 11.5 Å². The van der Waals surface area contributed by atoms with E-state index >= 15 is 0 Å². The lowest BCUT2D eigenvalue weighted by atomic mass is 10.0. The van der Waals surface area contributed by atoms with E-state index in [0.717, 1.165) is 0 Å². The van der Waals surface area contributed by atoms with E-state index in [1.54, 1.807) is 0 Å². The van der Waals surface area contributed by atoms with Gasteiger partial charge in [-0.2, -0.15) is 0 Å². The van der Waals surface area contributed by atoms with Crippen molar-refractivity contribution in [1.82, 2.24) is 0 Å². The van der Waals surface area contributed by atoms with Crippen LogP contribution in [0.15, 0.2) is 12.1 Å². The molecule has 1 aliphatic heterocycles. The second kappa shape index (κ2) is 3.14. The number of carbonyl (C=O) groups is 2. The van der Waals surface area contributed by atoms with Crippen molar-refractivity contribution in [3.05, 3.63) is 23.3 Å². The number of phenolic OH excluding ortho intramolecular Hbond substituents is 1. The number of fused-ring (bicyclic) bond motifs is 1. The van der Waals surface area contributed by atoms with Gasteiger partial charge in [0.25, 0.3) is 0 Å². The highest BCUT2D eigenvalue weighted by molar-refractivity contribution is 6.02. The van der Waals surface area contributed by atoms with Crippen LogP contribution in [-0.2, 0) is 0 Å². The Balaban J connectivity index is 2.67. The van der Waals surface area contributed by atoms with E-state index in [1.807, 2.05) is 0 Å². The number of Topliss-reactive ketones (excluding diaryl/α,β-unsaturated/α-hetero) is 1. The standard InChI is InChI=1S/C10H8O4/c11-5-7-8(12)2-1-6-9(13)3-4-14-10(6)7/h1-2,5,12H,3-4H2. The highest BCUT2D eigenvalue weighted by Crippen LogP contribution is 2.33. The predicted octanol–water partition coefficient (Wildman–Crippen LogP) is 1.17. The van der Waals surface area contributed by atoms with Gasteiger partial charge in [-0.3, -0.25) is 9.59 Å². The molecular formula is C10H8O4. The Hall–Kier alpha value is -1.84. The van der Waals surface area contributed by atoms with Gasteiger partial charge < -0.3 is 9.84 Å². The smallest absolute Gasteiger partial charge is 0.170 e. The lowest BCUT2D eigenvalue weighted by molar-refractivity contribution is 0.0932. The van der Waals surface area contributed by atoms with Crippen LogP contribution in [0.1, 0.15) is 27.1 Å². The zero-order valence-electron chi connectivity index (χ0n) is 7.32. The second-order valence-corrected chi connectivity index (χ2v) is 3.01. The normalized spacial score (nSPS) is 14.4. The third-order valence-electron chi connectivity index (χ3n) is 2.17. The van der Waals surface area contributed by atoms with Crippen molar-refractivity contribution in [1.29, 1.82) is 0 Å². The summed E-state index contributed by atoms with van der Waals surface area (Å²) in [6.07, 6.45) is 0.808. The summed E-state index contributed by atoms with van der Waals surface area (Å²) in [5.41, 5.74) is 0.423. The molecule has 4 heteroatoms. The van der Waals surface area contributed by atoms with Crippen LogP contribution in [0.5, 0.6) is 11.5 Å². The summed E-state index contributed by atoms with van der Waals surface area (Å²) in [4.78, 5) is 22.0. The van der Waals surface area contributed by atoms with Crippen molar-refractivity contribution in [2.24, 2.45) is 0 Å². The maximum atomic E-state index is 11.4. The number of hydrogen-bond donors (Lipinski definition) is 1. The zero-order chi connectivity index (χ0) is 10.1. The van der Waals surface area contributed by atoms with Crippen LogP contribution in [0.25, 0.3) is 0 Å². The van der Waals surface area contributed by atoms with E-state index in [4.69, 9.17) is 4.74 Å². The van der Waals surface area contributed by atoms with E-state index in [2.05, 4.69) is 0 Å². The van der Waals surface area contributed by atoms with Gasteiger partial charge >= 0.3 is 0 Å². The van der Waals surface area contributed by atoms with Gasteiger partial charge in [0, 0.05) is 6.42 Å². The van der Waals surface area contributed by atoms with E-state index in [1.165, 1.54) is 12.1 Å². The monoisotopic (exact) mass is 192 g/mol. The third-order valence-corrected chi connectivity index (χ3v) is 2.17.